The summed E-state index contributed by atoms with van der Waals surface area (Å²) in [4.78, 5) is 107. The Balaban J connectivity index is 0.712. The van der Waals surface area contributed by atoms with Gasteiger partial charge < -0.3 is 24.8 Å². The largest absolute Gasteiger partial charge is 0.483 e. The molecule has 0 aliphatic carbocycles. The molecule has 7 heterocycles. The number of pyridine rings is 2. The molecule has 1 unspecified atom stereocenters. The highest BCUT2D eigenvalue weighted by Gasteiger charge is 2.46. The number of carbonyl (C=O) groups is 7. The number of nitrogens with zero attached hydrogens (tertiary/aromatic N) is 7. The van der Waals surface area contributed by atoms with E-state index in [-0.39, 0.29) is 54.0 Å². The monoisotopic (exact) mass is 873 g/mol. The Bertz CT molecular complexity index is 2250. The number of benzene rings is 1. The van der Waals surface area contributed by atoms with Crippen molar-refractivity contribution in [1.29, 1.82) is 0 Å². The van der Waals surface area contributed by atoms with E-state index in [1.165, 1.54) is 18.2 Å². The minimum Gasteiger partial charge on any atom is -0.483 e. The van der Waals surface area contributed by atoms with E-state index in [1.807, 2.05) is 29.2 Å². The third kappa shape index (κ3) is 10.3. The van der Waals surface area contributed by atoms with E-state index >= 15 is 0 Å². The second-order valence-electron chi connectivity index (χ2n) is 17.1. The first-order valence-corrected chi connectivity index (χ1v) is 22.5. The van der Waals surface area contributed by atoms with E-state index in [9.17, 15) is 33.6 Å². The van der Waals surface area contributed by atoms with Crippen LogP contribution in [0.4, 0.5) is 5.82 Å². The molecule has 4 fully saturated rings. The van der Waals surface area contributed by atoms with E-state index in [2.05, 4.69) is 25.4 Å². The lowest BCUT2D eigenvalue weighted by molar-refractivity contribution is -0.136. The lowest BCUT2D eigenvalue weighted by atomic mass is 9.91. The minimum absolute atomic E-state index is 0.0169. The van der Waals surface area contributed by atoms with Crippen molar-refractivity contribution in [2.24, 2.45) is 5.92 Å². The number of unbranched alkanes of at least 4 members (excludes halogenated alkanes) is 1. The molecule has 3 aromatic rings. The summed E-state index contributed by atoms with van der Waals surface area (Å²) >= 11 is 0. The Kier molecular flexibility index (Phi) is 14.0. The normalized spacial score (nSPS) is 20.2. The first-order chi connectivity index (χ1) is 31.1. The van der Waals surface area contributed by atoms with Crippen LogP contribution < -0.4 is 20.3 Å². The number of anilines is 1. The van der Waals surface area contributed by atoms with Gasteiger partial charge in [-0.05, 0) is 86.4 Å². The van der Waals surface area contributed by atoms with Crippen LogP contribution in [-0.2, 0) is 19.2 Å². The first kappa shape index (κ1) is 44.1. The Morgan fingerprint density at radius 1 is 0.812 bits per heavy atom. The van der Waals surface area contributed by atoms with Gasteiger partial charge in [-0.25, -0.2) is 4.98 Å². The number of imide groups is 2. The second kappa shape index (κ2) is 20.3. The van der Waals surface area contributed by atoms with Crippen molar-refractivity contribution in [3.05, 3.63) is 89.4 Å². The van der Waals surface area contributed by atoms with Crippen LogP contribution in [-0.4, -0.2) is 149 Å². The van der Waals surface area contributed by atoms with Crippen LogP contribution in [0.1, 0.15) is 94.4 Å². The van der Waals surface area contributed by atoms with Gasteiger partial charge in [-0.2, -0.15) is 0 Å². The van der Waals surface area contributed by atoms with Crippen molar-refractivity contribution in [1.82, 2.24) is 40.2 Å². The fraction of sp³-hybridized carbons (Fsp3) is 0.468. The number of amides is 7. The number of ether oxygens (including phenoxy) is 1. The summed E-state index contributed by atoms with van der Waals surface area (Å²) < 4.78 is 5.85. The molecule has 0 saturated carbocycles. The predicted molar refractivity (Wildman–Crippen MR) is 235 cm³/mol. The smallest absolute Gasteiger partial charge is 0.266 e. The molecule has 5 aliphatic rings. The Morgan fingerprint density at radius 3 is 2.33 bits per heavy atom. The average Bonchev–Trinajstić information content (AvgIpc) is 3.59. The molecule has 17 nitrogen and oxygen atoms in total. The van der Waals surface area contributed by atoms with Crippen LogP contribution in [0.3, 0.4) is 0 Å². The van der Waals surface area contributed by atoms with Crippen molar-refractivity contribution in [3.8, 4) is 5.75 Å². The van der Waals surface area contributed by atoms with Crippen LogP contribution in [0.5, 0.6) is 5.75 Å². The summed E-state index contributed by atoms with van der Waals surface area (Å²) in [5, 5.41) is 5.14. The fourth-order valence-electron chi connectivity index (χ4n) is 9.41. The average molecular weight is 874 g/mol. The maximum atomic E-state index is 13.4. The highest BCUT2D eigenvalue weighted by atomic mass is 16.5. The first-order valence-electron chi connectivity index (χ1n) is 22.5. The third-order valence-electron chi connectivity index (χ3n) is 13.1. The molecule has 0 bridgehead atoms. The summed E-state index contributed by atoms with van der Waals surface area (Å²) in [6.45, 7) is 6.02. The summed E-state index contributed by atoms with van der Waals surface area (Å²) in [5.74, 6) is -1.21. The molecule has 64 heavy (non-hydrogen) atoms. The molecule has 17 heteroatoms. The lowest BCUT2D eigenvalue weighted by Crippen LogP contribution is -2.55. The highest BCUT2D eigenvalue weighted by Crippen LogP contribution is 2.34. The molecule has 4 saturated heterocycles. The van der Waals surface area contributed by atoms with Crippen LogP contribution in [0.2, 0.25) is 0 Å². The zero-order chi connectivity index (χ0) is 44.6. The van der Waals surface area contributed by atoms with E-state index in [0.29, 0.717) is 37.2 Å². The molecule has 5 aliphatic heterocycles. The Hall–Kier alpha value is -6.49. The van der Waals surface area contributed by atoms with Gasteiger partial charge in [0.2, 0.25) is 17.7 Å². The molecule has 8 rings (SSSR count). The van der Waals surface area contributed by atoms with Gasteiger partial charge in [0.05, 0.1) is 16.7 Å². The number of hydrogen-bond acceptors (Lipinski definition) is 12. The van der Waals surface area contributed by atoms with Crippen LogP contribution in [0.25, 0.3) is 6.08 Å². The third-order valence-corrected chi connectivity index (χ3v) is 13.1. The van der Waals surface area contributed by atoms with E-state index in [1.54, 1.807) is 35.6 Å². The minimum atomic E-state index is -1.09. The summed E-state index contributed by atoms with van der Waals surface area (Å²) in [6.07, 6.45) is 15.4. The van der Waals surface area contributed by atoms with Gasteiger partial charge >= 0.3 is 0 Å². The van der Waals surface area contributed by atoms with Crippen molar-refractivity contribution in [3.63, 3.8) is 0 Å². The van der Waals surface area contributed by atoms with Crippen LogP contribution >= 0.6 is 0 Å². The number of piperazine rings is 1. The molecular weight excluding hydrogens is 819 g/mol. The summed E-state index contributed by atoms with van der Waals surface area (Å²) in [6, 6.07) is 11.5. The molecule has 2 N–H and O–H groups in total. The summed E-state index contributed by atoms with van der Waals surface area (Å²) in [7, 11) is 0. The highest BCUT2D eigenvalue weighted by molar-refractivity contribution is 6.24. The number of hydrogen-bond donors (Lipinski definition) is 2. The van der Waals surface area contributed by atoms with Gasteiger partial charge in [-0.1, -0.05) is 25.0 Å². The molecule has 7 amide bonds. The molecule has 2 aromatic heterocycles. The van der Waals surface area contributed by atoms with Crippen LogP contribution in [0, 0.1) is 5.92 Å². The lowest BCUT2D eigenvalue weighted by Gasteiger charge is -2.43. The number of rotatable bonds is 14. The maximum Gasteiger partial charge on any atom is 0.266 e. The van der Waals surface area contributed by atoms with Gasteiger partial charge in [0.15, 0.2) is 6.61 Å². The predicted octanol–water partition coefficient (Wildman–Crippen LogP) is 2.92. The topological polar surface area (TPSA) is 195 Å². The molecule has 0 spiro atoms. The maximum absolute atomic E-state index is 13.4. The zero-order valence-corrected chi connectivity index (χ0v) is 36.0. The van der Waals surface area contributed by atoms with Crippen LogP contribution in [0.15, 0.2) is 67.1 Å². The standard InChI is InChI=1S/C47H55N9O8/c57-40(13-9-33-6-4-19-48-29-33)49-20-2-1-5-32-15-21-55(22-16-32)45(61)34-10-12-39(50-30-34)53-23-17-35(18-24-53)52-25-27-54(28-26-52)42(59)31-64-38-8-3-7-36-43(38)47(63)56(46(36)62)37-11-14-41(58)51-44(37)60/h3-4,6-10,12-13,19,29-30,32,35,37H,1-2,5,11,14-18,20-28,31H2,(H,49,57)(H,51,58,60)/b13-9+. The number of fused-ring (bicyclic) bond motifs is 1. The molecule has 1 aromatic carbocycles. The zero-order valence-electron chi connectivity index (χ0n) is 36.0. The Morgan fingerprint density at radius 2 is 1.61 bits per heavy atom. The number of piperidine rings is 3. The number of nitrogens with one attached hydrogen (secondary N) is 2. The quantitative estimate of drug-likeness (QED) is 0.137. The van der Waals surface area contributed by atoms with Crippen molar-refractivity contribution < 1.29 is 38.3 Å². The van der Waals surface area contributed by atoms with Crippen molar-refractivity contribution >= 4 is 53.2 Å². The Labute approximate surface area is 372 Å². The molecule has 1 atom stereocenters. The van der Waals surface area contributed by atoms with E-state index in [4.69, 9.17) is 9.72 Å². The number of carbonyl (C=O) groups excluding carboxylic acids is 7. The number of likely N-dealkylation sites (tertiary alicyclic amines) is 1. The van der Waals surface area contributed by atoms with E-state index in [0.717, 1.165) is 100 Å². The van der Waals surface area contributed by atoms with E-state index < -0.39 is 29.7 Å². The molecule has 336 valence electrons. The number of aromatic nitrogens is 2. The van der Waals surface area contributed by atoms with Gasteiger partial charge in [-0.15, -0.1) is 0 Å². The molecule has 0 radical (unpaired) electrons. The molecular formula is C47H55N9O8. The van der Waals surface area contributed by atoms with Gasteiger partial charge in [-0.3, -0.25) is 53.7 Å². The van der Waals surface area contributed by atoms with Crippen molar-refractivity contribution in [2.75, 3.05) is 70.4 Å². The fourth-order valence-corrected chi connectivity index (χ4v) is 9.41. The van der Waals surface area contributed by atoms with Crippen molar-refractivity contribution in [2.45, 2.75) is 69.9 Å². The van der Waals surface area contributed by atoms with Gasteiger partial charge in [0, 0.05) is 96.0 Å². The van der Waals surface area contributed by atoms with Gasteiger partial charge in [0.25, 0.3) is 23.6 Å². The second-order valence-corrected chi connectivity index (χ2v) is 17.1. The summed E-state index contributed by atoms with van der Waals surface area (Å²) in [5.41, 5.74) is 1.61. The SMILES string of the molecule is O=C(/C=C/c1cccnc1)NCCCCC1CCN(C(=O)c2ccc(N3CCC(N4CCN(C(=O)COc5cccc6c5C(=O)N(C5CCC(=O)NC5=O)C6=O)CC4)CC3)nc2)CC1. The van der Waals surface area contributed by atoms with Gasteiger partial charge in [0.1, 0.15) is 17.6 Å².